The first-order valence-electron chi connectivity index (χ1n) is 9.70. The predicted octanol–water partition coefficient (Wildman–Crippen LogP) is 2.91. The van der Waals surface area contributed by atoms with Crippen LogP contribution in [0.1, 0.15) is 45.2 Å². The van der Waals surface area contributed by atoms with Crippen LogP contribution < -0.4 is 16.4 Å². The molecule has 2 rings (SSSR count). The molecule has 158 valence electrons. The molecule has 0 saturated carbocycles. The molecule has 4 N–H and O–H groups in total. The molecule has 1 aromatic rings. The van der Waals surface area contributed by atoms with E-state index in [1.807, 2.05) is 45.0 Å². The quantitative estimate of drug-likeness (QED) is 0.641. The van der Waals surface area contributed by atoms with Crippen molar-refractivity contribution < 1.29 is 14.3 Å². The number of hydrogen-bond donors (Lipinski definition) is 3. The minimum Gasteiger partial charge on any atom is -0.381 e. The maximum atomic E-state index is 12.8. The highest BCUT2D eigenvalue weighted by Gasteiger charge is 2.39. The highest BCUT2D eigenvalue weighted by Crippen LogP contribution is 2.30. The van der Waals surface area contributed by atoms with Gasteiger partial charge in [0.05, 0.1) is 11.5 Å². The van der Waals surface area contributed by atoms with Crippen LogP contribution in [0.3, 0.4) is 0 Å². The monoisotopic (exact) mass is 412 g/mol. The summed E-state index contributed by atoms with van der Waals surface area (Å²) in [5, 5.41) is 5.97. The molecule has 0 aromatic heterocycles. The fraction of sp³-hybridized carbons (Fsp3) is 0.600. The van der Waals surface area contributed by atoms with Gasteiger partial charge in [0, 0.05) is 38.5 Å². The molecule has 28 heavy (non-hydrogen) atoms. The first kappa shape index (κ1) is 24.2. The van der Waals surface area contributed by atoms with Gasteiger partial charge in [-0.1, -0.05) is 12.1 Å². The summed E-state index contributed by atoms with van der Waals surface area (Å²) in [7, 11) is 0. The van der Waals surface area contributed by atoms with Gasteiger partial charge in [-0.2, -0.15) is 0 Å². The molecule has 1 heterocycles. The Hall–Kier alpha value is -1.83. The average Bonchev–Trinajstić information content (AvgIpc) is 2.69. The molecule has 1 atom stereocenters. The van der Waals surface area contributed by atoms with Crippen molar-refractivity contribution >= 4 is 30.0 Å². The van der Waals surface area contributed by atoms with E-state index < -0.39 is 5.41 Å². The lowest BCUT2D eigenvalue weighted by molar-refractivity contribution is -0.136. The number of hydrogen-bond acceptors (Lipinski definition) is 4. The Morgan fingerprint density at radius 1 is 1.18 bits per heavy atom. The van der Waals surface area contributed by atoms with E-state index in [4.69, 9.17) is 10.5 Å². The van der Waals surface area contributed by atoms with Crippen molar-refractivity contribution in [3.8, 4) is 0 Å². The summed E-state index contributed by atoms with van der Waals surface area (Å²) in [5.41, 5.74) is 7.08. The van der Waals surface area contributed by atoms with Crippen molar-refractivity contribution in [2.24, 2.45) is 11.1 Å². The highest BCUT2D eigenvalue weighted by molar-refractivity contribution is 5.89. The van der Waals surface area contributed by atoms with Crippen molar-refractivity contribution in [3.05, 3.63) is 29.8 Å². The van der Waals surface area contributed by atoms with Gasteiger partial charge in [0.2, 0.25) is 5.91 Å². The summed E-state index contributed by atoms with van der Waals surface area (Å²) >= 11 is 0. The van der Waals surface area contributed by atoms with E-state index in [-0.39, 0.29) is 30.4 Å². The van der Waals surface area contributed by atoms with E-state index in [1.165, 1.54) is 0 Å². The van der Waals surface area contributed by atoms with E-state index in [9.17, 15) is 9.59 Å². The Bertz CT molecular complexity index is 629. The SMILES string of the molecule is CCN(CC)C(=O)Nc1ccc(C(C)NC(=O)C2(CN)CCOCC2)cc1.Cl. The summed E-state index contributed by atoms with van der Waals surface area (Å²) < 4.78 is 5.37. The van der Waals surface area contributed by atoms with Gasteiger partial charge in [0.1, 0.15) is 0 Å². The zero-order chi connectivity index (χ0) is 19.9. The van der Waals surface area contributed by atoms with Crippen molar-refractivity contribution in [1.29, 1.82) is 0 Å². The zero-order valence-electron chi connectivity index (χ0n) is 17.0. The molecule has 1 saturated heterocycles. The third-order valence-electron chi connectivity index (χ3n) is 5.38. The molecule has 1 aliphatic heterocycles. The summed E-state index contributed by atoms with van der Waals surface area (Å²) in [5.74, 6) is -0.0142. The number of rotatable bonds is 7. The maximum absolute atomic E-state index is 12.8. The van der Waals surface area contributed by atoms with Gasteiger partial charge in [-0.15, -0.1) is 12.4 Å². The maximum Gasteiger partial charge on any atom is 0.321 e. The summed E-state index contributed by atoms with van der Waals surface area (Å²) in [6, 6.07) is 7.29. The molecule has 3 amide bonds. The molecule has 0 spiro atoms. The molecule has 8 heteroatoms. The summed E-state index contributed by atoms with van der Waals surface area (Å²) in [6.45, 7) is 8.64. The Balaban J connectivity index is 0.00000392. The van der Waals surface area contributed by atoms with Gasteiger partial charge in [-0.3, -0.25) is 4.79 Å². The van der Waals surface area contributed by atoms with Crippen LogP contribution in [0.25, 0.3) is 0 Å². The Morgan fingerprint density at radius 3 is 2.25 bits per heavy atom. The standard InChI is InChI=1S/C20H32N4O3.ClH/c1-4-24(5-2)19(26)23-17-8-6-16(7-9-17)15(3)22-18(25)20(14-21)10-12-27-13-11-20;/h6-9,15H,4-5,10-14,21H2,1-3H3,(H,22,25)(H,23,26);1H. The van der Waals surface area contributed by atoms with Gasteiger partial charge >= 0.3 is 6.03 Å². The number of amides is 3. The van der Waals surface area contributed by atoms with Crippen molar-refractivity contribution in [1.82, 2.24) is 10.2 Å². The molecular weight excluding hydrogens is 380 g/mol. The number of urea groups is 1. The zero-order valence-corrected chi connectivity index (χ0v) is 17.8. The molecule has 0 aliphatic carbocycles. The largest absolute Gasteiger partial charge is 0.381 e. The predicted molar refractivity (Wildman–Crippen MR) is 114 cm³/mol. The number of nitrogens with one attached hydrogen (secondary N) is 2. The lowest BCUT2D eigenvalue weighted by atomic mass is 9.79. The van der Waals surface area contributed by atoms with E-state index in [0.29, 0.717) is 45.7 Å². The van der Waals surface area contributed by atoms with E-state index in [0.717, 1.165) is 11.3 Å². The van der Waals surface area contributed by atoms with Crippen molar-refractivity contribution in [3.63, 3.8) is 0 Å². The first-order valence-corrected chi connectivity index (χ1v) is 9.70. The van der Waals surface area contributed by atoms with Crippen LogP contribution in [0.4, 0.5) is 10.5 Å². The first-order chi connectivity index (χ1) is 13.0. The molecule has 1 aromatic carbocycles. The average molecular weight is 413 g/mol. The van der Waals surface area contributed by atoms with Crippen LogP contribution in [0.2, 0.25) is 0 Å². The van der Waals surface area contributed by atoms with E-state index >= 15 is 0 Å². The highest BCUT2D eigenvalue weighted by atomic mass is 35.5. The Labute approximate surface area is 173 Å². The molecule has 1 unspecified atom stereocenters. The normalized spacial score (nSPS) is 16.4. The van der Waals surface area contributed by atoms with Crippen LogP contribution in [0.15, 0.2) is 24.3 Å². The Kier molecular flexibility index (Phi) is 9.72. The number of nitrogens with zero attached hydrogens (tertiary/aromatic N) is 1. The molecule has 0 bridgehead atoms. The van der Waals surface area contributed by atoms with Crippen molar-refractivity contribution in [2.45, 2.75) is 39.7 Å². The fourth-order valence-corrected chi connectivity index (χ4v) is 3.29. The number of nitrogens with two attached hydrogens (primary N) is 1. The number of ether oxygens (including phenoxy) is 1. The van der Waals surface area contributed by atoms with Crippen molar-refractivity contribution in [2.75, 3.05) is 38.2 Å². The lowest BCUT2D eigenvalue weighted by Crippen LogP contribution is -2.49. The number of carbonyl (C=O) groups excluding carboxylic acids is 2. The molecule has 1 aliphatic rings. The minimum absolute atomic E-state index is 0. The van der Waals surface area contributed by atoms with Gasteiger partial charge < -0.3 is 26.0 Å². The van der Waals surface area contributed by atoms with Gasteiger partial charge in [-0.25, -0.2) is 4.79 Å². The second-order valence-corrected chi connectivity index (χ2v) is 7.02. The number of anilines is 1. The number of carbonyl (C=O) groups is 2. The lowest BCUT2D eigenvalue weighted by Gasteiger charge is -2.35. The second kappa shape index (κ2) is 11.2. The van der Waals surface area contributed by atoms with Crippen LogP contribution in [-0.2, 0) is 9.53 Å². The van der Waals surface area contributed by atoms with Gasteiger partial charge in [-0.05, 0) is 51.3 Å². The minimum atomic E-state index is -0.538. The van der Waals surface area contributed by atoms with E-state index in [1.54, 1.807) is 4.90 Å². The number of halogens is 1. The van der Waals surface area contributed by atoms with Crippen LogP contribution >= 0.6 is 12.4 Å². The van der Waals surface area contributed by atoms with E-state index in [2.05, 4.69) is 10.6 Å². The van der Waals surface area contributed by atoms with Gasteiger partial charge in [0.15, 0.2) is 0 Å². The molecule has 0 radical (unpaired) electrons. The van der Waals surface area contributed by atoms with Crippen LogP contribution in [0, 0.1) is 5.41 Å². The van der Waals surface area contributed by atoms with Gasteiger partial charge in [0.25, 0.3) is 0 Å². The number of benzene rings is 1. The molecule has 1 fully saturated rings. The third-order valence-corrected chi connectivity index (χ3v) is 5.38. The summed E-state index contributed by atoms with van der Waals surface area (Å²) in [6.07, 6.45) is 1.30. The molecular formula is C20H33ClN4O3. The third kappa shape index (κ3) is 5.83. The summed E-state index contributed by atoms with van der Waals surface area (Å²) in [4.78, 5) is 26.6. The fourth-order valence-electron chi connectivity index (χ4n) is 3.29. The van der Waals surface area contributed by atoms with Crippen LogP contribution in [0.5, 0.6) is 0 Å². The van der Waals surface area contributed by atoms with Crippen LogP contribution in [-0.4, -0.2) is 49.7 Å². The second-order valence-electron chi connectivity index (χ2n) is 7.02. The topological polar surface area (TPSA) is 96.7 Å². The molecule has 7 nitrogen and oxygen atoms in total. The Morgan fingerprint density at radius 2 is 1.75 bits per heavy atom. The smallest absolute Gasteiger partial charge is 0.321 e.